The molecule has 1 aromatic heterocycles. The monoisotopic (exact) mass is 228 g/mol. The Morgan fingerprint density at radius 1 is 1.29 bits per heavy atom. The van der Waals surface area contributed by atoms with Crippen LogP contribution in [0.5, 0.6) is 0 Å². The molecule has 0 saturated heterocycles. The van der Waals surface area contributed by atoms with Gasteiger partial charge in [-0.1, -0.05) is 0 Å². The van der Waals surface area contributed by atoms with E-state index in [1.807, 2.05) is 0 Å². The van der Waals surface area contributed by atoms with Crippen LogP contribution in [-0.2, 0) is 10.0 Å². The number of sulfonamides is 1. The number of primary sulfonamides is 1. The molecule has 2 aromatic rings. The van der Waals surface area contributed by atoms with Crippen molar-refractivity contribution < 1.29 is 8.42 Å². The van der Waals surface area contributed by atoms with Crippen molar-refractivity contribution in [2.24, 2.45) is 5.14 Å². The molecule has 0 unspecified atom stereocenters. The minimum Gasteiger partial charge on any atom is -0.398 e. The van der Waals surface area contributed by atoms with E-state index in [1.165, 1.54) is 23.5 Å². The van der Waals surface area contributed by atoms with Gasteiger partial charge in [0.1, 0.15) is 0 Å². The van der Waals surface area contributed by atoms with Crippen LogP contribution < -0.4 is 10.9 Å². The molecular weight excluding hydrogens is 220 g/mol. The summed E-state index contributed by atoms with van der Waals surface area (Å²) in [4.78, 5) is 0.0927. The van der Waals surface area contributed by atoms with Gasteiger partial charge in [0.05, 0.1) is 10.6 Å². The van der Waals surface area contributed by atoms with Crippen molar-refractivity contribution in [3.63, 3.8) is 0 Å². The lowest BCUT2D eigenvalue weighted by atomic mass is 10.2. The molecule has 6 heteroatoms. The molecule has 0 saturated carbocycles. The Hall–Kier alpha value is -1.11. The number of hydrogen-bond donors (Lipinski definition) is 2. The van der Waals surface area contributed by atoms with E-state index in [-0.39, 0.29) is 4.90 Å². The predicted molar refractivity (Wildman–Crippen MR) is 57.6 cm³/mol. The summed E-state index contributed by atoms with van der Waals surface area (Å²) in [5.41, 5.74) is 6.24. The number of nitrogen functional groups attached to an aromatic ring is 1. The van der Waals surface area contributed by atoms with Crippen LogP contribution in [0.4, 0.5) is 5.69 Å². The van der Waals surface area contributed by atoms with Gasteiger partial charge in [-0.15, -0.1) is 11.3 Å². The van der Waals surface area contributed by atoms with Crippen LogP contribution in [0.1, 0.15) is 0 Å². The molecule has 74 valence electrons. The summed E-state index contributed by atoms with van der Waals surface area (Å²) in [5.74, 6) is 0. The van der Waals surface area contributed by atoms with E-state index in [1.54, 1.807) is 11.4 Å². The topological polar surface area (TPSA) is 86.2 Å². The maximum absolute atomic E-state index is 11.1. The SMILES string of the molecule is Nc1csc2ccc(S(N)(=O)=O)cc12. The van der Waals surface area contributed by atoms with Gasteiger partial charge in [0.15, 0.2) is 0 Å². The Balaban J connectivity index is 2.79. The van der Waals surface area contributed by atoms with Crippen molar-refractivity contribution in [3.05, 3.63) is 23.6 Å². The quantitative estimate of drug-likeness (QED) is 0.767. The van der Waals surface area contributed by atoms with Crippen LogP contribution in [0.3, 0.4) is 0 Å². The van der Waals surface area contributed by atoms with Gasteiger partial charge >= 0.3 is 0 Å². The maximum Gasteiger partial charge on any atom is 0.238 e. The van der Waals surface area contributed by atoms with Gasteiger partial charge in [-0.3, -0.25) is 0 Å². The average Bonchev–Trinajstić information content (AvgIpc) is 2.46. The van der Waals surface area contributed by atoms with Crippen molar-refractivity contribution in [2.45, 2.75) is 4.90 Å². The van der Waals surface area contributed by atoms with E-state index in [2.05, 4.69) is 0 Å². The summed E-state index contributed by atoms with van der Waals surface area (Å²) in [7, 11) is -3.64. The smallest absolute Gasteiger partial charge is 0.238 e. The first-order chi connectivity index (χ1) is 6.48. The van der Waals surface area contributed by atoms with Gasteiger partial charge in [-0.25, -0.2) is 13.6 Å². The Kier molecular flexibility index (Phi) is 1.99. The van der Waals surface area contributed by atoms with E-state index in [9.17, 15) is 8.42 Å². The third kappa shape index (κ3) is 1.47. The Morgan fingerprint density at radius 3 is 2.64 bits per heavy atom. The molecule has 2 rings (SSSR count). The zero-order chi connectivity index (χ0) is 10.3. The number of benzene rings is 1. The largest absolute Gasteiger partial charge is 0.398 e. The molecule has 4 nitrogen and oxygen atoms in total. The summed E-state index contributed by atoms with van der Waals surface area (Å²) in [5, 5.41) is 7.51. The fourth-order valence-corrected chi connectivity index (χ4v) is 2.58. The number of rotatable bonds is 1. The number of fused-ring (bicyclic) bond motifs is 1. The molecular formula is C8H8N2O2S2. The van der Waals surface area contributed by atoms with Crippen molar-refractivity contribution in [2.75, 3.05) is 5.73 Å². The average molecular weight is 228 g/mol. The van der Waals surface area contributed by atoms with E-state index >= 15 is 0 Å². The molecule has 0 fully saturated rings. The van der Waals surface area contributed by atoms with Crippen LogP contribution in [-0.4, -0.2) is 8.42 Å². The van der Waals surface area contributed by atoms with Gasteiger partial charge in [0.25, 0.3) is 0 Å². The van der Waals surface area contributed by atoms with Crippen LogP contribution in [0.15, 0.2) is 28.5 Å². The van der Waals surface area contributed by atoms with Crippen molar-refractivity contribution >= 4 is 37.1 Å². The van der Waals surface area contributed by atoms with Crippen LogP contribution >= 0.6 is 11.3 Å². The first kappa shape index (κ1) is 9.45. The zero-order valence-corrected chi connectivity index (χ0v) is 8.73. The third-order valence-electron chi connectivity index (χ3n) is 1.90. The number of anilines is 1. The minimum atomic E-state index is -3.64. The molecule has 1 heterocycles. The van der Waals surface area contributed by atoms with Crippen molar-refractivity contribution in [3.8, 4) is 0 Å². The summed E-state index contributed by atoms with van der Waals surface area (Å²) in [6.45, 7) is 0. The van der Waals surface area contributed by atoms with Crippen molar-refractivity contribution in [1.82, 2.24) is 0 Å². The molecule has 0 spiro atoms. The summed E-state index contributed by atoms with van der Waals surface area (Å²) >= 11 is 1.47. The maximum atomic E-state index is 11.1. The first-order valence-electron chi connectivity index (χ1n) is 3.78. The van der Waals surface area contributed by atoms with Gasteiger partial charge in [0, 0.05) is 15.5 Å². The van der Waals surface area contributed by atoms with E-state index in [0.717, 1.165) is 10.1 Å². The third-order valence-corrected chi connectivity index (χ3v) is 3.80. The Bertz CT molecular complexity index is 586. The lowest BCUT2D eigenvalue weighted by molar-refractivity contribution is 0.598. The van der Waals surface area contributed by atoms with E-state index in [4.69, 9.17) is 10.9 Å². The summed E-state index contributed by atoms with van der Waals surface area (Å²) in [6, 6.07) is 4.68. The fourth-order valence-electron chi connectivity index (χ4n) is 1.20. The highest BCUT2D eigenvalue weighted by atomic mass is 32.2. The highest BCUT2D eigenvalue weighted by molar-refractivity contribution is 7.89. The minimum absolute atomic E-state index is 0.0927. The van der Waals surface area contributed by atoms with Gasteiger partial charge in [0.2, 0.25) is 10.0 Å². The molecule has 0 amide bonds. The number of nitrogens with two attached hydrogens (primary N) is 2. The molecule has 0 aliphatic carbocycles. The highest BCUT2D eigenvalue weighted by Gasteiger charge is 2.09. The predicted octanol–water partition coefficient (Wildman–Crippen LogP) is 1.13. The number of thiophene rings is 1. The van der Waals surface area contributed by atoms with Crippen LogP contribution in [0.2, 0.25) is 0 Å². The first-order valence-corrected chi connectivity index (χ1v) is 6.20. The second-order valence-corrected chi connectivity index (χ2v) is 5.37. The molecule has 0 radical (unpaired) electrons. The summed E-state index contributed by atoms with van der Waals surface area (Å²) < 4.78 is 23.1. The Morgan fingerprint density at radius 2 is 2.00 bits per heavy atom. The number of hydrogen-bond acceptors (Lipinski definition) is 4. The second-order valence-electron chi connectivity index (χ2n) is 2.89. The normalized spacial score (nSPS) is 12.1. The molecule has 0 aliphatic heterocycles. The molecule has 0 bridgehead atoms. The molecule has 0 atom stereocenters. The molecule has 4 N–H and O–H groups in total. The van der Waals surface area contributed by atoms with Gasteiger partial charge < -0.3 is 5.73 Å². The van der Waals surface area contributed by atoms with E-state index in [0.29, 0.717) is 5.69 Å². The fraction of sp³-hybridized carbons (Fsp3) is 0. The second kappa shape index (κ2) is 2.94. The highest BCUT2D eigenvalue weighted by Crippen LogP contribution is 2.29. The lowest BCUT2D eigenvalue weighted by Gasteiger charge is -1.98. The molecule has 1 aromatic carbocycles. The molecule has 14 heavy (non-hydrogen) atoms. The van der Waals surface area contributed by atoms with Gasteiger partial charge in [-0.2, -0.15) is 0 Å². The van der Waals surface area contributed by atoms with Gasteiger partial charge in [-0.05, 0) is 18.2 Å². The molecule has 0 aliphatic rings. The Labute approximate surface area is 85.2 Å². The van der Waals surface area contributed by atoms with E-state index < -0.39 is 10.0 Å². The van der Waals surface area contributed by atoms with Crippen molar-refractivity contribution in [1.29, 1.82) is 0 Å². The lowest BCUT2D eigenvalue weighted by Crippen LogP contribution is -2.11. The zero-order valence-electron chi connectivity index (χ0n) is 7.10. The van der Waals surface area contributed by atoms with Crippen LogP contribution in [0.25, 0.3) is 10.1 Å². The summed E-state index contributed by atoms with van der Waals surface area (Å²) in [6.07, 6.45) is 0. The van der Waals surface area contributed by atoms with Crippen LogP contribution in [0, 0.1) is 0 Å². The standard InChI is InChI=1S/C8H8N2O2S2/c9-7-4-13-8-2-1-5(3-6(7)8)14(10,11)12/h1-4H,9H2,(H2,10,11,12).